The van der Waals surface area contributed by atoms with E-state index in [0.29, 0.717) is 43.5 Å². The molecule has 1 aliphatic rings. The van der Waals surface area contributed by atoms with Crippen molar-refractivity contribution in [2.45, 2.75) is 0 Å². The van der Waals surface area contributed by atoms with Gasteiger partial charge in [-0.25, -0.2) is 19.6 Å². The Labute approximate surface area is 167 Å². The normalized spacial score (nSPS) is 14.0. The highest BCUT2D eigenvalue weighted by atomic mass is 16.5. The van der Waals surface area contributed by atoms with Crippen LogP contribution in [-0.4, -0.2) is 75.4 Å². The Kier molecular flexibility index (Phi) is 5.50. The number of methoxy groups -OCH3 is 1. The summed E-state index contributed by atoms with van der Waals surface area (Å²) < 4.78 is 12.5. The lowest BCUT2D eigenvalue weighted by Crippen LogP contribution is -2.50. The summed E-state index contributed by atoms with van der Waals surface area (Å²) in [5.74, 6) is 2.56. The fraction of sp³-hybridized carbons (Fsp3) is 0.316. The van der Waals surface area contributed by atoms with Crippen molar-refractivity contribution in [1.82, 2.24) is 29.6 Å². The second-order valence-corrected chi connectivity index (χ2v) is 6.38. The molecule has 3 aromatic rings. The third-order valence-corrected chi connectivity index (χ3v) is 4.67. The van der Waals surface area contributed by atoms with Crippen molar-refractivity contribution in [3.05, 3.63) is 49.3 Å². The first-order valence-electron chi connectivity index (χ1n) is 9.20. The molecule has 0 unspecified atom stereocenters. The Morgan fingerprint density at radius 2 is 1.79 bits per heavy atom. The van der Waals surface area contributed by atoms with E-state index in [1.54, 1.807) is 35.2 Å². The SMILES string of the molecule is COc1ccccc1OCC(=O)N1CCN(c2cc(-n3cncn3)ncn2)CC1. The molecule has 0 N–H and O–H groups in total. The number of para-hydroxylation sites is 2. The number of rotatable bonds is 6. The van der Waals surface area contributed by atoms with E-state index in [0.717, 1.165) is 5.82 Å². The molecule has 0 atom stereocenters. The van der Waals surface area contributed by atoms with Crippen molar-refractivity contribution in [3.8, 4) is 17.3 Å². The average Bonchev–Trinajstić information content (AvgIpc) is 3.33. The van der Waals surface area contributed by atoms with E-state index in [1.807, 2.05) is 18.2 Å². The molecular weight excluding hydrogens is 374 g/mol. The summed E-state index contributed by atoms with van der Waals surface area (Å²) in [7, 11) is 1.57. The van der Waals surface area contributed by atoms with Crippen LogP contribution in [0.3, 0.4) is 0 Å². The molecule has 2 aromatic heterocycles. The maximum Gasteiger partial charge on any atom is 0.260 e. The Hall–Kier alpha value is -3.69. The molecule has 1 fully saturated rings. The number of carbonyl (C=O) groups is 1. The van der Waals surface area contributed by atoms with Crippen molar-refractivity contribution in [3.63, 3.8) is 0 Å². The highest BCUT2D eigenvalue weighted by molar-refractivity contribution is 5.78. The monoisotopic (exact) mass is 395 g/mol. The van der Waals surface area contributed by atoms with Gasteiger partial charge in [-0.2, -0.15) is 5.10 Å². The minimum Gasteiger partial charge on any atom is -0.493 e. The Morgan fingerprint density at radius 1 is 1.03 bits per heavy atom. The van der Waals surface area contributed by atoms with Crippen molar-refractivity contribution in [1.29, 1.82) is 0 Å². The lowest BCUT2D eigenvalue weighted by molar-refractivity contribution is -0.133. The molecule has 0 spiro atoms. The standard InChI is InChI=1S/C19H21N7O3/c1-28-15-4-2-3-5-16(15)29-11-19(27)25-8-6-24(7-9-25)17-10-18(22-13-21-17)26-14-20-12-23-26/h2-5,10,12-14H,6-9,11H2,1H3. The fourth-order valence-corrected chi connectivity index (χ4v) is 3.12. The van der Waals surface area contributed by atoms with Gasteiger partial charge < -0.3 is 19.3 Å². The van der Waals surface area contributed by atoms with Crippen molar-refractivity contribution >= 4 is 11.7 Å². The smallest absolute Gasteiger partial charge is 0.260 e. The molecule has 29 heavy (non-hydrogen) atoms. The molecule has 1 aromatic carbocycles. The van der Waals surface area contributed by atoms with Gasteiger partial charge in [-0.1, -0.05) is 12.1 Å². The zero-order chi connectivity index (χ0) is 20.1. The van der Waals surface area contributed by atoms with Crippen LogP contribution in [0.15, 0.2) is 49.3 Å². The number of ether oxygens (including phenoxy) is 2. The van der Waals surface area contributed by atoms with Crippen molar-refractivity contribution in [2.24, 2.45) is 0 Å². The number of amides is 1. The van der Waals surface area contributed by atoms with Crippen LogP contribution < -0.4 is 14.4 Å². The lowest BCUT2D eigenvalue weighted by Gasteiger charge is -2.35. The Bertz CT molecular complexity index is 956. The van der Waals surface area contributed by atoms with Crippen LogP contribution in [0.25, 0.3) is 5.82 Å². The molecule has 1 saturated heterocycles. The molecule has 0 aliphatic carbocycles. The van der Waals surface area contributed by atoms with Gasteiger partial charge in [0, 0.05) is 32.2 Å². The Morgan fingerprint density at radius 3 is 2.52 bits per heavy atom. The van der Waals surface area contributed by atoms with E-state index in [2.05, 4.69) is 25.0 Å². The van der Waals surface area contributed by atoms with Crippen LogP contribution in [0.4, 0.5) is 5.82 Å². The van der Waals surface area contributed by atoms with E-state index in [9.17, 15) is 4.79 Å². The number of hydrogen-bond acceptors (Lipinski definition) is 8. The molecule has 1 amide bonds. The van der Waals surface area contributed by atoms with Gasteiger partial charge in [0.1, 0.15) is 24.8 Å². The van der Waals surface area contributed by atoms with E-state index in [-0.39, 0.29) is 12.5 Å². The van der Waals surface area contributed by atoms with Gasteiger partial charge in [-0.05, 0) is 12.1 Å². The second kappa shape index (κ2) is 8.55. The molecule has 10 nitrogen and oxygen atoms in total. The van der Waals surface area contributed by atoms with Crippen molar-refractivity contribution < 1.29 is 14.3 Å². The van der Waals surface area contributed by atoms with Gasteiger partial charge in [-0.3, -0.25) is 4.79 Å². The van der Waals surface area contributed by atoms with Crippen LogP contribution in [0.1, 0.15) is 0 Å². The van der Waals surface area contributed by atoms with Gasteiger partial charge in [0.15, 0.2) is 23.9 Å². The van der Waals surface area contributed by atoms with E-state index in [1.165, 1.54) is 12.7 Å². The molecule has 1 aliphatic heterocycles. The molecule has 4 rings (SSSR count). The van der Waals surface area contributed by atoms with E-state index in [4.69, 9.17) is 9.47 Å². The van der Waals surface area contributed by atoms with Crippen LogP contribution in [0.2, 0.25) is 0 Å². The lowest BCUT2D eigenvalue weighted by atomic mass is 10.3. The zero-order valence-electron chi connectivity index (χ0n) is 16.0. The van der Waals surface area contributed by atoms with Gasteiger partial charge in [0.25, 0.3) is 5.91 Å². The number of hydrogen-bond donors (Lipinski definition) is 0. The van der Waals surface area contributed by atoms with E-state index < -0.39 is 0 Å². The zero-order valence-corrected chi connectivity index (χ0v) is 16.0. The predicted molar refractivity (Wildman–Crippen MR) is 104 cm³/mol. The molecule has 3 heterocycles. The summed E-state index contributed by atoms with van der Waals surface area (Å²) in [5.41, 5.74) is 0. The minimum absolute atomic E-state index is 0.0235. The number of anilines is 1. The summed E-state index contributed by atoms with van der Waals surface area (Å²) in [6, 6.07) is 9.14. The first-order valence-corrected chi connectivity index (χ1v) is 9.20. The van der Waals surface area contributed by atoms with E-state index >= 15 is 0 Å². The molecular formula is C19H21N7O3. The summed E-state index contributed by atoms with van der Waals surface area (Å²) in [6.45, 7) is 2.51. The minimum atomic E-state index is -0.0541. The summed E-state index contributed by atoms with van der Waals surface area (Å²) in [6.07, 6.45) is 4.55. The van der Waals surface area contributed by atoms with Gasteiger partial charge in [0.05, 0.1) is 7.11 Å². The van der Waals surface area contributed by atoms with Crippen LogP contribution >= 0.6 is 0 Å². The number of carbonyl (C=O) groups excluding carboxylic acids is 1. The highest BCUT2D eigenvalue weighted by Gasteiger charge is 2.23. The number of piperazine rings is 1. The quantitative estimate of drug-likeness (QED) is 0.604. The third kappa shape index (κ3) is 4.26. The first-order chi connectivity index (χ1) is 14.2. The topological polar surface area (TPSA) is 98.5 Å². The number of aromatic nitrogens is 5. The molecule has 0 bridgehead atoms. The van der Waals surface area contributed by atoms with Gasteiger partial charge in [0.2, 0.25) is 0 Å². The van der Waals surface area contributed by atoms with Crippen LogP contribution in [-0.2, 0) is 4.79 Å². The van der Waals surface area contributed by atoms with Crippen LogP contribution in [0, 0.1) is 0 Å². The third-order valence-electron chi connectivity index (χ3n) is 4.67. The fourth-order valence-electron chi connectivity index (χ4n) is 3.12. The van der Waals surface area contributed by atoms with Crippen LogP contribution in [0.5, 0.6) is 11.5 Å². The van der Waals surface area contributed by atoms with Gasteiger partial charge >= 0.3 is 0 Å². The first kappa shape index (κ1) is 18.7. The molecule has 0 saturated carbocycles. The molecule has 150 valence electrons. The maximum atomic E-state index is 12.5. The predicted octanol–water partition coefficient (Wildman–Crippen LogP) is 0.793. The average molecular weight is 395 g/mol. The summed E-state index contributed by atoms with van der Waals surface area (Å²) in [5, 5.41) is 4.09. The van der Waals surface area contributed by atoms with Crippen molar-refractivity contribution in [2.75, 3.05) is 44.8 Å². The van der Waals surface area contributed by atoms with Gasteiger partial charge in [-0.15, -0.1) is 0 Å². The molecule has 0 radical (unpaired) electrons. The number of benzene rings is 1. The Balaban J connectivity index is 1.32. The maximum absolute atomic E-state index is 12.5. The summed E-state index contributed by atoms with van der Waals surface area (Å²) in [4.78, 5) is 28.9. The largest absolute Gasteiger partial charge is 0.493 e. The summed E-state index contributed by atoms with van der Waals surface area (Å²) >= 11 is 0. The molecule has 10 heteroatoms. The second-order valence-electron chi connectivity index (χ2n) is 6.38. The number of nitrogens with zero attached hydrogens (tertiary/aromatic N) is 7. The highest BCUT2D eigenvalue weighted by Crippen LogP contribution is 2.25.